The number of aryl methyl sites for hydroxylation is 1. The molecule has 0 fully saturated rings. The van der Waals surface area contributed by atoms with Crippen molar-refractivity contribution in [2.75, 3.05) is 5.32 Å². The van der Waals surface area contributed by atoms with E-state index in [4.69, 9.17) is 0 Å². The summed E-state index contributed by atoms with van der Waals surface area (Å²) in [4.78, 5) is 29.5. The van der Waals surface area contributed by atoms with Gasteiger partial charge in [-0.1, -0.05) is 36.4 Å². The Hall–Kier alpha value is -3.69. The molecule has 1 aromatic heterocycles. The quantitative estimate of drug-likeness (QED) is 0.371. The van der Waals surface area contributed by atoms with Crippen LogP contribution in [0.4, 0.5) is 5.69 Å². The molecule has 0 bridgehead atoms. The zero-order chi connectivity index (χ0) is 22.0. The first-order chi connectivity index (χ1) is 14.8. The van der Waals surface area contributed by atoms with E-state index in [1.54, 1.807) is 31.2 Å². The summed E-state index contributed by atoms with van der Waals surface area (Å²) in [6, 6.07) is 18.5. The molecule has 0 aliphatic rings. The highest BCUT2D eigenvalue weighted by molar-refractivity contribution is 7.89. The van der Waals surface area contributed by atoms with Crippen LogP contribution in [0.15, 0.2) is 76.4 Å². The summed E-state index contributed by atoms with van der Waals surface area (Å²) in [7, 11) is -3.80. The number of fused-ring (bicyclic) bond motifs is 1. The van der Waals surface area contributed by atoms with Crippen LogP contribution in [0.1, 0.15) is 21.5 Å². The first-order valence-electron chi connectivity index (χ1n) is 9.49. The van der Waals surface area contributed by atoms with Gasteiger partial charge in [-0.05, 0) is 48.4 Å². The van der Waals surface area contributed by atoms with Gasteiger partial charge in [0.2, 0.25) is 10.0 Å². The van der Waals surface area contributed by atoms with E-state index in [2.05, 4.69) is 20.0 Å². The minimum absolute atomic E-state index is 0.00426. The number of carbonyl (C=O) groups excluding carboxylic acids is 1. The number of anilines is 1. The zero-order valence-electron chi connectivity index (χ0n) is 16.6. The summed E-state index contributed by atoms with van der Waals surface area (Å²) in [5.74, 6) is -0.449. The van der Waals surface area contributed by atoms with Gasteiger partial charge in [0.1, 0.15) is 0 Å². The Balaban J connectivity index is 1.55. The summed E-state index contributed by atoms with van der Waals surface area (Å²) >= 11 is 0. The van der Waals surface area contributed by atoms with Crippen molar-refractivity contribution in [3.8, 4) is 0 Å². The Morgan fingerprint density at radius 3 is 2.45 bits per heavy atom. The first kappa shape index (κ1) is 20.6. The van der Waals surface area contributed by atoms with E-state index in [1.165, 1.54) is 12.1 Å². The maximum absolute atomic E-state index is 12.8. The Morgan fingerprint density at radius 1 is 0.935 bits per heavy atom. The predicted molar refractivity (Wildman–Crippen MR) is 119 cm³/mol. The molecule has 4 N–H and O–H groups in total. The van der Waals surface area contributed by atoms with Gasteiger partial charge in [0.25, 0.3) is 5.91 Å². The second-order valence-electron chi connectivity index (χ2n) is 7.08. The number of aromatic nitrogens is 2. The Bertz CT molecular complexity index is 1420. The highest BCUT2D eigenvalue weighted by Gasteiger charge is 2.18. The number of benzene rings is 3. The summed E-state index contributed by atoms with van der Waals surface area (Å²) in [5.41, 5.74) is 3.02. The van der Waals surface area contributed by atoms with Crippen LogP contribution in [0.5, 0.6) is 0 Å². The van der Waals surface area contributed by atoms with Crippen LogP contribution < -0.4 is 15.7 Å². The topological polar surface area (TPSA) is 124 Å². The number of sulfonamides is 1. The van der Waals surface area contributed by atoms with Crippen molar-refractivity contribution < 1.29 is 13.2 Å². The Labute approximate surface area is 178 Å². The molecule has 1 heterocycles. The molecule has 158 valence electrons. The molecule has 4 aromatic rings. The number of nitrogens with one attached hydrogen (secondary N) is 4. The maximum atomic E-state index is 12.8. The minimum atomic E-state index is -3.80. The van der Waals surface area contributed by atoms with Crippen LogP contribution in [0, 0.1) is 6.92 Å². The first-order valence-corrected chi connectivity index (χ1v) is 11.0. The number of carbonyl (C=O) groups is 1. The van der Waals surface area contributed by atoms with Crippen molar-refractivity contribution in [3.05, 3.63) is 93.9 Å². The highest BCUT2D eigenvalue weighted by Crippen LogP contribution is 2.19. The van der Waals surface area contributed by atoms with Crippen molar-refractivity contribution in [3.63, 3.8) is 0 Å². The summed E-state index contributed by atoms with van der Waals surface area (Å²) in [6.07, 6.45) is 0. The SMILES string of the molecule is Cc1ccc(S(=O)(=O)NCc2ccccc2)cc1C(=O)Nc1ccc2[nH]c(=O)[nH]c2c1. The van der Waals surface area contributed by atoms with E-state index >= 15 is 0 Å². The van der Waals surface area contributed by atoms with Crippen LogP contribution in [0.25, 0.3) is 11.0 Å². The van der Waals surface area contributed by atoms with Gasteiger partial charge in [-0.2, -0.15) is 0 Å². The normalized spacial score (nSPS) is 11.5. The predicted octanol–water partition coefficient (Wildman–Crippen LogP) is 2.90. The van der Waals surface area contributed by atoms with E-state index in [9.17, 15) is 18.0 Å². The lowest BCUT2D eigenvalue weighted by molar-refractivity contribution is 0.102. The number of hydrogen-bond donors (Lipinski definition) is 4. The lowest BCUT2D eigenvalue weighted by Crippen LogP contribution is -2.24. The number of H-pyrrole nitrogens is 2. The lowest BCUT2D eigenvalue weighted by atomic mass is 10.1. The smallest absolute Gasteiger partial charge is 0.322 e. The third-order valence-corrected chi connectivity index (χ3v) is 6.25. The van der Waals surface area contributed by atoms with Gasteiger partial charge in [0.05, 0.1) is 15.9 Å². The van der Waals surface area contributed by atoms with E-state index in [-0.39, 0.29) is 22.7 Å². The minimum Gasteiger partial charge on any atom is -0.322 e. The molecule has 9 heteroatoms. The van der Waals surface area contributed by atoms with Crippen molar-refractivity contribution in [2.24, 2.45) is 0 Å². The molecule has 0 aliphatic heterocycles. The average molecular weight is 436 g/mol. The van der Waals surface area contributed by atoms with Gasteiger partial charge in [-0.25, -0.2) is 17.9 Å². The van der Waals surface area contributed by atoms with Crippen LogP contribution in [-0.2, 0) is 16.6 Å². The molecule has 0 spiro atoms. The van der Waals surface area contributed by atoms with E-state index in [1.807, 2.05) is 30.3 Å². The Morgan fingerprint density at radius 2 is 1.68 bits per heavy atom. The van der Waals surface area contributed by atoms with Gasteiger partial charge in [-0.15, -0.1) is 0 Å². The van der Waals surface area contributed by atoms with E-state index in [0.717, 1.165) is 5.56 Å². The van der Waals surface area contributed by atoms with Gasteiger partial charge >= 0.3 is 5.69 Å². The van der Waals surface area contributed by atoms with Crippen LogP contribution in [0.2, 0.25) is 0 Å². The molecule has 0 aliphatic carbocycles. The van der Waals surface area contributed by atoms with Crippen LogP contribution >= 0.6 is 0 Å². The number of rotatable bonds is 6. The fourth-order valence-electron chi connectivity index (χ4n) is 3.18. The van der Waals surface area contributed by atoms with Gasteiger partial charge < -0.3 is 15.3 Å². The number of imidazole rings is 1. The number of aromatic amines is 2. The fourth-order valence-corrected chi connectivity index (χ4v) is 4.22. The molecule has 1 amide bonds. The van der Waals surface area contributed by atoms with E-state index in [0.29, 0.717) is 22.3 Å². The summed E-state index contributed by atoms with van der Waals surface area (Å²) in [6.45, 7) is 1.88. The molecule has 8 nitrogen and oxygen atoms in total. The van der Waals surface area contributed by atoms with Crippen molar-refractivity contribution >= 4 is 32.7 Å². The third-order valence-electron chi connectivity index (χ3n) is 4.85. The molecule has 0 unspecified atom stereocenters. The zero-order valence-corrected chi connectivity index (χ0v) is 17.4. The fraction of sp³-hybridized carbons (Fsp3) is 0.0909. The monoisotopic (exact) mass is 436 g/mol. The molecule has 0 saturated carbocycles. The number of amides is 1. The maximum Gasteiger partial charge on any atom is 0.323 e. The van der Waals surface area contributed by atoms with Crippen molar-refractivity contribution in [1.29, 1.82) is 0 Å². The third kappa shape index (κ3) is 4.57. The molecule has 31 heavy (non-hydrogen) atoms. The Kier molecular flexibility index (Phi) is 5.45. The molecule has 0 saturated heterocycles. The van der Waals surface area contributed by atoms with Gasteiger partial charge in [-0.3, -0.25) is 4.79 Å². The van der Waals surface area contributed by atoms with Crippen LogP contribution in [-0.4, -0.2) is 24.3 Å². The lowest BCUT2D eigenvalue weighted by Gasteiger charge is -2.11. The number of hydrogen-bond acceptors (Lipinski definition) is 4. The second kappa shape index (κ2) is 8.21. The molecule has 0 radical (unpaired) electrons. The van der Waals surface area contributed by atoms with Gasteiger partial charge in [0, 0.05) is 17.8 Å². The molecule has 3 aromatic carbocycles. The molecule has 0 atom stereocenters. The average Bonchev–Trinajstić information content (AvgIpc) is 3.12. The largest absolute Gasteiger partial charge is 0.323 e. The molecular formula is C22H20N4O4S. The van der Waals surface area contributed by atoms with E-state index < -0.39 is 15.9 Å². The molecular weight excluding hydrogens is 416 g/mol. The summed E-state index contributed by atoms with van der Waals surface area (Å²) in [5, 5.41) is 2.75. The van der Waals surface area contributed by atoms with Crippen molar-refractivity contribution in [2.45, 2.75) is 18.4 Å². The van der Waals surface area contributed by atoms with Gasteiger partial charge in [0.15, 0.2) is 0 Å². The molecule has 4 rings (SSSR count). The van der Waals surface area contributed by atoms with Crippen LogP contribution in [0.3, 0.4) is 0 Å². The standard InChI is InChI=1S/C22H20N4O4S/c1-14-7-9-17(31(29,30)23-13-15-5-3-2-4-6-15)12-18(14)21(27)24-16-8-10-19-20(11-16)26-22(28)25-19/h2-12,23H,13H2,1H3,(H,24,27)(H2,25,26,28). The highest BCUT2D eigenvalue weighted by atomic mass is 32.2. The summed E-state index contributed by atoms with van der Waals surface area (Å²) < 4.78 is 28.0. The second-order valence-corrected chi connectivity index (χ2v) is 8.85. The van der Waals surface area contributed by atoms with Crippen molar-refractivity contribution in [1.82, 2.24) is 14.7 Å².